The van der Waals surface area contributed by atoms with Crippen LogP contribution < -0.4 is 0 Å². The first kappa shape index (κ1) is 14.5. The van der Waals surface area contributed by atoms with Crippen LogP contribution >= 0.6 is 0 Å². The lowest BCUT2D eigenvalue weighted by Crippen LogP contribution is -2.34. The van der Waals surface area contributed by atoms with E-state index >= 15 is 0 Å². The highest BCUT2D eigenvalue weighted by Crippen LogP contribution is 2.38. The van der Waals surface area contributed by atoms with Gasteiger partial charge in [0, 0.05) is 18.9 Å². The van der Waals surface area contributed by atoms with Crippen LogP contribution in [-0.2, 0) is 16.2 Å². The third-order valence-electron chi connectivity index (χ3n) is 4.37. The molecule has 3 atom stereocenters. The Morgan fingerprint density at radius 2 is 2.10 bits per heavy atom. The fraction of sp³-hybridized carbons (Fsp3) is 0.500. The summed E-state index contributed by atoms with van der Waals surface area (Å²) in [5.74, 6) is 0.582. The van der Waals surface area contributed by atoms with Gasteiger partial charge in [-0.2, -0.15) is 5.06 Å². The summed E-state index contributed by atoms with van der Waals surface area (Å²) < 4.78 is 0. The molecular formula is C18H23NO2. The number of hydrogen-bond donors (Lipinski definition) is 0. The number of carbonyl (C=O) groups is 1. The van der Waals surface area contributed by atoms with Gasteiger partial charge in [-0.25, -0.2) is 0 Å². The van der Waals surface area contributed by atoms with Crippen molar-refractivity contribution in [1.82, 2.24) is 5.06 Å². The van der Waals surface area contributed by atoms with E-state index < -0.39 is 0 Å². The van der Waals surface area contributed by atoms with Crippen molar-refractivity contribution in [1.29, 1.82) is 0 Å². The number of hydroxylamine groups is 2. The fourth-order valence-electron chi connectivity index (χ4n) is 3.42. The molecule has 2 aliphatic rings. The first-order valence-corrected chi connectivity index (χ1v) is 7.80. The predicted octanol–water partition coefficient (Wildman–Crippen LogP) is 3.51. The number of ketones is 1. The van der Waals surface area contributed by atoms with Gasteiger partial charge in [0.1, 0.15) is 6.10 Å². The second-order valence-corrected chi connectivity index (χ2v) is 6.34. The number of fused-ring (bicyclic) bond motifs is 1. The third-order valence-corrected chi connectivity index (χ3v) is 4.37. The normalized spacial score (nSPS) is 29.2. The molecule has 0 bridgehead atoms. The molecule has 112 valence electrons. The van der Waals surface area contributed by atoms with Crippen LogP contribution in [0.4, 0.5) is 0 Å². The van der Waals surface area contributed by atoms with Crippen molar-refractivity contribution in [2.45, 2.75) is 51.8 Å². The maximum absolute atomic E-state index is 12.1. The lowest BCUT2D eigenvalue weighted by atomic mass is 9.81. The number of rotatable bonds is 3. The largest absolute Gasteiger partial charge is 0.297 e. The Hall–Kier alpha value is -1.45. The standard InChI is InChI=1S/C18H23NO2/c1-13(2)11-16-15-9-6-10-17(20)18(15)21-19(16)12-14-7-4-3-5-8-14/h3-5,7-8,11,15-16,18H,6,9-10,12H2,1-2H3/t15-,16+,18+/m1/s1. The van der Waals surface area contributed by atoms with E-state index in [1.165, 1.54) is 11.1 Å². The van der Waals surface area contributed by atoms with Gasteiger partial charge in [-0.05, 0) is 32.3 Å². The first-order chi connectivity index (χ1) is 10.1. The van der Waals surface area contributed by atoms with E-state index in [0.29, 0.717) is 12.3 Å². The molecule has 0 aromatic heterocycles. The summed E-state index contributed by atoms with van der Waals surface area (Å²) in [6.07, 6.45) is 4.77. The Balaban J connectivity index is 1.84. The molecule has 1 saturated heterocycles. The molecular weight excluding hydrogens is 262 g/mol. The van der Waals surface area contributed by atoms with E-state index in [-0.39, 0.29) is 17.9 Å². The lowest BCUT2D eigenvalue weighted by Gasteiger charge is -2.25. The van der Waals surface area contributed by atoms with Crippen molar-refractivity contribution >= 4 is 5.78 Å². The van der Waals surface area contributed by atoms with Gasteiger partial charge in [-0.15, -0.1) is 0 Å². The van der Waals surface area contributed by atoms with Gasteiger partial charge in [0.05, 0.1) is 6.04 Å². The van der Waals surface area contributed by atoms with Crippen molar-refractivity contribution in [3.05, 3.63) is 47.5 Å². The van der Waals surface area contributed by atoms with Gasteiger partial charge >= 0.3 is 0 Å². The van der Waals surface area contributed by atoms with Crippen molar-refractivity contribution in [3.8, 4) is 0 Å². The number of hydrogen-bond acceptors (Lipinski definition) is 3. The number of carbonyl (C=O) groups excluding carboxylic acids is 1. The van der Waals surface area contributed by atoms with Crippen LogP contribution in [0.1, 0.15) is 38.7 Å². The van der Waals surface area contributed by atoms with Gasteiger partial charge in [0.25, 0.3) is 0 Å². The summed E-state index contributed by atoms with van der Waals surface area (Å²) in [7, 11) is 0. The van der Waals surface area contributed by atoms with Gasteiger partial charge in [0.2, 0.25) is 0 Å². The van der Waals surface area contributed by atoms with Crippen LogP contribution in [0, 0.1) is 5.92 Å². The van der Waals surface area contributed by atoms with Crippen LogP contribution in [0.5, 0.6) is 0 Å². The highest BCUT2D eigenvalue weighted by Gasteiger charge is 2.46. The van der Waals surface area contributed by atoms with Gasteiger partial charge in [-0.1, -0.05) is 42.0 Å². The number of allylic oxidation sites excluding steroid dienone is 1. The van der Waals surface area contributed by atoms with Crippen molar-refractivity contribution in [3.63, 3.8) is 0 Å². The first-order valence-electron chi connectivity index (χ1n) is 7.80. The van der Waals surface area contributed by atoms with E-state index in [1.54, 1.807) is 0 Å². The quantitative estimate of drug-likeness (QED) is 0.796. The van der Waals surface area contributed by atoms with Crippen LogP contribution in [0.25, 0.3) is 0 Å². The smallest absolute Gasteiger partial charge is 0.164 e. The van der Waals surface area contributed by atoms with Crippen molar-refractivity contribution in [2.24, 2.45) is 5.92 Å². The molecule has 0 spiro atoms. The molecule has 0 amide bonds. The maximum atomic E-state index is 12.1. The average molecular weight is 285 g/mol. The highest BCUT2D eigenvalue weighted by atomic mass is 16.7. The van der Waals surface area contributed by atoms with Crippen molar-refractivity contribution in [2.75, 3.05) is 0 Å². The molecule has 1 aliphatic heterocycles. The second kappa shape index (κ2) is 6.12. The zero-order chi connectivity index (χ0) is 14.8. The molecule has 0 unspecified atom stereocenters. The summed E-state index contributed by atoms with van der Waals surface area (Å²) in [6.45, 7) is 4.95. The molecule has 21 heavy (non-hydrogen) atoms. The molecule has 1 aromatic rings. The van der Waals surface area contributed by atoms with Crippen LogP contribution in [-0.4, -0.2) is 23.0 Å². The summed E-state index contributed by atoms with van der Waals surface area (Å²) in [4.78, 5) is 18.2. The minimum atomic E-state index is -0.233. The van der Waals surface area contributed by atoms with Gasteiger partial charge < -0.3 is 0 Å². The average Bonchev–Trinajstić information content (AvgIpc) is 2.79. The summed E-state index contributed by atoms with van der Waals surface area (Å²) >= 11 is 0. The summed E-state index contributed by atoms with van der Waals surface area (Å²) in [5.41, 5.74) is 2.50. The molecule has 1 saturated carbocycles. The van der Waals surface area contributed by atoms with E-state index in [9.17, 15) is 4.79 Å². The Morgan fingerprint density at radius 3 is 2.81 bits per heavy atom. The molecule has 3 heteroatoms. The second-order valence-electron chi connectivity index (χ2n) is 6.34. The number of Topliss-reactive ketones (excluding diaryl/α,β-unsaturated/α-hetero) is 1. The minimum absolute atomic E-state index is 0.212. The Bertz CT molecular complexity index is 533. The maximum Gasteiger partial charge on any atom is 0.164 e. The Kier molecular flexibility index (Phi) is 4.22. The number of nitrogens with zero attached hydrogens (tertiary/aromatic N) is 1. The zero-order valence-corrected chi connectivity index (χ0v) is 12.8. The Labute approximate surface area is 126 Å². The van der Waals surface area contributed by atoms with Crippen molar-refractivity contribution < 1.29 is 9.63 Å². The van der Waals surface area contributed by atoms with E-state index in [1.807, 2.05) is 23.3 Å². The molecule has 1 aliphatic carbocycles. The molecule has 3 rings (SSSR count). The SMILES string of the molecule is CC(C)=C[C@H]1[C@H]2CCCC(=O)[C@H]2ON1Cc1ccccc1. The monoisotopic (exact) mass is 285 g/mol. The predicted molar refractivity (Wildman–Crippen MR) is 82.4 cm³/mol. The topological polar surface area (TPSA) is 29.5 Å². The van der Waals surface area contributed by atoms with E-state index in [4.69, 9.17) is 4.84 Å². The van der Waals surface area contributed by atoms with E-state index in [0.717, 1.165) is 19.4 Å². The lowest BCUT2D eigenvalue weighted by molar-refractivity contribution is -0.175. The van der Waals surface area contributed by atoms with Crippen LogP contribution in [0.2, 0.25) is 0 Å². The molecule has 0 radical (unpaired) electrons. The fourth-order valence-corrected chi connectivity index (χ4v) is 3.42. The molecule has 0 N–H and O–H groups in total. The van der Waals surface area contributed by atoms with Gasteiger partial charge in [0.15, 0.2) is 5.78 Å². The third kappa shape index (κ3) is 3.09. The van der Waals surface area contributed by atoms with Gasteiger partial charge in [-0.3, -0.25) is 9.63 Å². The Morgan fingerprint density at radius 1 is 1.33 bits per heavy atom. The summed E-state index contributed by atoms with van der Waals surface area (Å²) in [5, 5.41) is 2.01. The van der Waals surface area contributed by atoms with Crippen LogP contribution in [0.15, 0.2) is 42.0 Å². The highest BCUT2D eigenvalue weighted by molar-refractivity contribution is 5.84. The zero-order valence-electron chi connectivity index (χ0n) is 12.8. The van der Waals surface area contributed by atoms with Crippen LogP contribution in [0.3, 0.4) is 0 Å². The molecule has 2 fully saturated rings. The summed E-state index contributed by atoms with van der Waals surface area (Å²) in [6, 6.07) is 10.5. The molecule has 3 nitrogen and oxygen atoms in total. The minimum Gasteiger partial charge on any atom is -0.297 e. The molecule has 1 heterocycles. The number of benzene rings is 1. The molecule has 1 aromatic carbocycles. The van der Waals surface area contributed by atoms with E-state index in [2.05, 4.69) is 32.1 Å².